The zero-order valence-corrected chi connectivity index (χ0v) is 25.1. The molecule has 0 bridgehead atoms. The second kappa shape index (κ2) is 12.5. The van der Waals surface area contributed by atoms with Gasteiger partial charge in [0.2, 0.25) is 0 Å². The Morgan fingerprint density at radius 2 is 1.17 bits per heavy atom. The fourth-order valence-electron chi connectivity index (χ4n) is 4.84. The molecule has 0 aliphatic rings. The summed E-state index contributed by atoms with van der Waals surface area (Å²) >= 11 is 0. The molecule has 4 aromatic rings. The number of phenolic OH excluding ortho intramolecular Hbond substituents is 1. The van der Waals surface area contributed by atoms with Gasteiger partial charge in [-0.05, 0) is 51.3 Å². The number of nitrogens with one attached hydrogen (secondary N) is 1. The van der Waals surface area contributed by atoms with Gasteiger partial charge in [0, 0.05) is 29.9 Å². The van der Waals surface area contributed by atoms with Crippen molar-refractivity contribution < 1.29 is 9.90 Å². The molecule has 0 saturated carbocycles. The van der Waals surface area contributed by atoms with Crippen LogP contribution in [0.2, 0.25) is 0 Å². The van der Waals surface area contributed by atoms with E-state index < -0.39 is 0 Å². The van der Waals surface area contributed by atoms with Gasteiger partial charge in [-0.3, -0.25) is 0 Å². The monoisotopic (exact) mass is 546 g/mol. The minimum atomic E-state index is -0.208. The van der Waals surface area contributed by atoms with Gasteiger partial charge in [-0.15, -0.1) is 0 Å². The molecule has 0 unspecified atom stereocenters. The van der Waals surface area contributed by atoms with Crippen LogP contribution in [0, 0.1) is 0 Å². The van der Waals surface area contributed by atoms with Crippen molar-refractivity contribution in [2.45, 2.75) is 65.5 Å². The summed E-state index contributed by atoms with van der Waals surface area (Å²) in [6, 6.07) is 31.9. The molecule has 0 aromatic heterocycles. The van der Waals surface area contributed by atoms with Crippen LogP contribution in [-0.4, -0.2) is 16.0 Å². The lowest BCUT2D eigenvalue weighted by atomic mass is 9.78. The quantitative estimate of drug-likeness (QED) is 0.227. The number of nitrogens with zero attached hydrogens (tertiary/aromatic N) is 1. The fourth-order valence-corrected chi connectivity index (χ4v) is 4.84. The van der Waals surface area contributed by atoms with Gasteiger partial charge in [0.15, 0.2) is 0 Å². The maximum atomic E-state index is 13.7. The Bertz CT molecular complexity index is 1420. The summed E-state index contributed by atoms with van der Waals surface area (Å²) in [4.78, 5) is 15.5. The average Bonchev–Trinajstić information content (AvgIpc) is 2.92. The number of benzene rings is 4. The van der Waals surface area contributed by atoms with E-state index >= 15 is 0 Å². The molecule has 4 aromatic carbocycles. The Morgan fingerprint density at radius 3 is 1.66 bits per heavy atom. The summed E-state index contributed by atoms with van der Waals surface area (Å²) in [5, 5.41) is 14.3. The van der Waals surface area contributed by atoms with Crippen LogP contribution in [0.25, 0.3) is 12.2 Å². The van der Waals surface area contributed by atoms with Crippen LogP contribution in [0.5, 0.6) is 5.75 Å². The SMILES string of the molecule is CC(C)(C)c1cc(/C=C/c2ccccc2NC(=O)N(Cc2ccccc2)Cc2ccccc2)cc(C(C)(C)C)c1O. The molecule has 4 heteroatoms. The van der Waals surface area contributed by atoms with Crippen molar-refractivity contribution >= 4 is 23.9 Å². The molecule has 0 atom stereocenters. The van der Waals surface area contributed by atoms with E-state index in [-0.39, 0.29) is 16.9 Å². The molecule has 2 N–H and O–H groups in total. The molecular weight excluding hydrogens is 504 g/mol. The van der Waals surface area contributed by atoms with E-state index in [0.29, 0.717) is 18.8 Å². The van der Waals surface area contributed by atoms with Gasteiger partial charge >= 0.3 is 6.03 Å². The first kappa shape index (κ1) is 29.7. The first-order valence-electron chi connectivity index (χ1n) is 14.2. The van der Waals surface area contributed by atoms with Crippen LogP contribution >= 0.6 is 0 Å². The summed E-state index contributed by atoms with van der Waals surface area (Å²) in [7, 11) is 0. The number of aromatic hydroxyl groups is 1. The molecule has 212 valence electrons. The van der Waals surface area contributed by atoms with Gasteiger partial charge in [-0.1, -0.05) is 133 Å². The van der Waals surface area contributed by atoms with E-state index in [1.54, 1.807) is 0 Å². The second-order valence-electron chi connectivity index (χ2n) is 12.6. The highest BCUT2D eigenvalue weighted by molar-refractivity contribution is 5.92. The maximum absolute atomic E-state index is 13.7. The highest BCUT2D eigenvalue weighted by Gasteiger charge is 2.26. The van der Waals surface area contributed by atoms with Crippen molar-refractivity contribution in [2.75, 3.05) is 5.32 Å². The Hall–Kier alpha value is -4.31. The van der Waals surface area contributed by atoms with E-state index in [1.165, 1.54) is 0 Å². The van der Waals surface area contributed by atoms with Crippen molar-refractivity contribution in [2.24, 2.45) is 0 Å². The zero-order valence-electron chi connectivity index (χ0n) is 25.1. The lowest BCUT2D eigenvalue weighted by molar-refractivity contribution is 0.206. The van der Waals surface area contributed by atoms with Crippen LogP contribution < -0.4 is 5.32 Å². The van der Waals surface area contributed by atoms with Crippen LogP contribution in [0.1, 0.15) is 74.9 Å². The molecule has 2 amide bonds. The van der Waals surface area contributed by atoms with E-state index in [2.05, 4.69) is 65.1 Å². The number of amides is 2. The minimum absolute atomic E-state index is 0.159. The maximum Gasteiger partial charge on any atom is 0.322 e. The van der Waals surface area contributed by atoms with Crippen molar-refractivity contribution in [3.05, 3.63) is 130 Å². The average molecular weight is 547 g/mol. The van der Waals surface area contributed by atoms with E-state index in [0.717, 1.165) is 39.1 Å². The highest BCUT2D eigenvalue weighted by Crippen LogP contribution is 2.40. The lowest BCUT2D eigenvalue weighted by Gasteiger charge is -2.28. The van der Waals surface area contributed by atoms with Crippen LogP contribution in [-0.2, 0) is 23.9 Å². The van der Waals surface area contributed by atoms with Gasteiger partial charge < -0.3 is 15.3 Å². The van der Waals surface area contributed by atoms with Gasteiger partial charge in [-0.2, -0.15) is 0 Å². The van der Waals surface area contributed by atoms with E-state index in [9.17, 15) is 9.90 Å². The van der Waals surface area contributed by atoms with Gasteiger partial charge in [-0.25, -0.2) is 4.79 Å². The number of phenols is 1. The van der Waals surface area contributed by atoms with Gasteiger partial charge in [0.05, 0.1) is 0 Å². The molecule has 0 aliphatic heterocycles. The summed E-state index contributed by atoms with van der Waals surface area (Å²) in [6.45, 7) is 13.7. The summed E-state index contributed by atoms with van der Waals surface area (Å²) in [5.41, 5.74) is 6.22. The largest absolute Gasteiger partial charge is 0.507 e. The predicted molar refractivity (Wildman–Crippen MR) is 172 cm³/mol. The first-order chi connectivity index (χ1) is 19.4. The standard InChI is InChI=1S/C37H42N2O2/c1-36(2,3)31-23-29(24-32(34(31)40)37(4,5)6)21-22-30-19-13-14-20-33(30)38-35(41)39(25-27-15-9-7-10-16-27)26-28-17-11-8-12-18-28/h7-24,40H,25-26H2,1-6H3,(H,38,41)/b22-21+. The predicted octanol–water partition coefficient (Wildman–Crippen LogP) is 9.39. The second-order valence-corrected chi connectivity index (χ2v) is 12.6. The molecule has 41 heavy (non-hydrogen) atoms. The Morgan fingerprint density at radius 1 is 0.707 bits per heavy atom. The van der Waals surface area contributed by atoms with Crippen LogP contribution in [0.15, 0.2) is 97.1 Å². The molecule has 0 aliphatic carbocycles. The van der Waals surface area contributed by atoms with E-state index in [4.69, 9.17) is 0 Å². The number of para-hydroxylation sites is 1. The van der Waals surface area contributed by atoms with Gasteiger partial charge in [0.1, 0.15) is 5.75 Å². The number of hydrogen-bond donors (Lipinski definition) is 2. The Kier molecular flexibility index (Phi) is 9.02. The molecule has 0 spiro atoms. The first-order valence-corrected chi connectivity index (χ1v) is 14.2. The van der Waals surface area contributed by atoms with Crippen molar-refractivity contribution in [3.63, 3.8) is 0 Å². The fraction of sp³-hybridized carbons (Fsp3) is 0.270. The summed E-state index contributed by atoms with van der Waals surface area (Å²) in [5.74, 6) is 0.367. The number of rotatable bonds is 7. The van der Waals surface area contributed by atoms with Crippen molar-refractivity contribution in [1.29, 1.82) is 0 Å². The molecule has 0 fully saturated rings. The van der Waals surface area contributed by atoms with Crippen LogP contribution in [0.4, 0.5) is 10.5 Å². The molecular formula is C37H42N2O2. The lowest BCUT2D eigenvalue weighted by Crippen LogP contribution is -2.34. The highest BCUT2D eigenvalue weighted by atomic mass is 16.3. The third kappa shape index (κ3) is 7.88. The molecule has 0 saturated heterocycles. The molecule has 4 nitrogen and oxygen atoms in total. The smallest absolute Gasteiger partial charge is 0.322 e. The zero-order chi connectivity index (χ0) is 29.6. The number of carbonyl (C=O) groups is 1. The molecule has 0 heterocycles. The third-order valence-electron chi connectivity index (χ3n) is 7.13. The van der Waals surface area contributed by atoms with Crippen molar-refractivity contribution in [1.82, 2.24) is 4.90 Å². The van der Waals surface area contributed by atoms with E-state index in [1.807, 2.05) is 95.9 Å². The number of anilines is 1. The van der Waals surface area contributed by atoms with Crippen molar-refractivity contribution in [3.8, 4) is 5.75 Å². The molecule has 4 rings (SSSR count). The summed E-state index contributed by atoms with van der Waals surface area (Å²) < 4.78 is 0. The number of hydrogen-bond acceptors (Lipinski definition) is 2. The Labute approximate surface area is 245 Å². The third-order valence-corrected chi connectivity index (χ3v) is 7.13. The number of urea groups is 1. The van der Waals surface area contributed by atoms with Gasteiger partial charge in [0.25, 0.3) is 0 Å². The van der Waals surface area contributed by atoms with Crippen LogP contribution in [0.3, 0.4) is 0 Å². The summed E-state index contributed by atoms with van der Waals surface area (Å²) in [6.07, 6.45) is 4.08. The normalized spacial score (nSPS) is 12.0. The topological polar surface area (TPSA) is 52.6 Å². The Balaban J connectivity index is 1.63. The molecule has 0 radical (unpaired) electrons. The number of carbonyl (C=O) groups excluding carboxylic acids is 1. The minimum Gasteiger partial charge on any atom is -0.507 e.